The first-order chi connectivity index (χ1) is 11.2. The lowest BCUT2D eigenvalue weighted by atomic mass is 10.1. The number of rotatable bonds is 5. The van der Waals surface area contributed by atoms with Gasteiger partial charge in [-0.1, -0.05) is 0 Å². The van der Waals surface area contributed by atoms with E-state index < -0.39 is 15.6 Å². The first-order valence-electron chi connectivity index (χ1n) is 7.32. The van der Waals surface area contributed by atoms with Crippen LogP contribution in [0.4, 0.5) is 5.69 Å². The standard InChI is InChI=1S/C17H20N2O4S/c1-17(2,3)19-24(21,22)15-9-6-13(7-10-15)18-16(20)11-8-14-5-4-12-23-14/h4-12,19H,1-3H3,(H,18,20). The predicted molar refractivity (Wildman–Crippen MR) is 92.9 cm³/mol. The maximum Gasteiger partial charge on any atom is 0.248 e. The van der Waals surface area contributed by atoms with Crippen LogP contribution in [0, 0.1) is 0 Å². The van der Waals surface area contributed by atoms with Crippen molar-refractivity contribution < 1.29 is 17.6 Å². The monoisotopic (exact) mass is 348 g/mol. The minimum absolute atomic E-state index is 0.140. The van der Waals surface area contributed by atoms with E-state index in [0.717, 1.165) is 0 Å². The van der Waals surface area contributed by atoms with Gasteiger partial charge >= 0.3 is 0 Å². The predicted octanol–water partition coefficient (Wildman–Crippen LogP) is 3.01. The van der Waals surface area contributed by atoms with Gasteiger partial charge in [0.25, 0.3) is 0 Å². The molecule has 0 atom stereocenters. The summed E-state index contributed by atoms with van der Waals surface area (Å²) in [6.07, 6.45) is 4.40. The molecule has 0 aliphatic carbocycles. The molecule has 1 heterocycles. The van der Waals surface area contributed by atoms with Crippen LogP contribution in [0.5, 0.6) is 0 Å². The average Bonchev–Trinajstić information content (AvgIpc) is 2.96. The van der Waals surface area contributed by atoms with Gasteiger partial charge in [0.15, 0.2) is 0 Å². The second-order valence-corrected chi connectivity index (χ2v) is 7.90. The third-order valence-corrected chi connectivity index (χ3v) is 4.59. The largest absolute Gasteiger partial charge is 0.465 e. The van der Waals surface area contributed by atoms with Crippen LogP contribution >= 0.6 is 0 Å². The van der Waals surface area contributed by atoms with Gasteiger partial charge in [0.1, 0.15) is 5.76 Å². The van der Waals surface area contributed by atoms with E-state index in [4.69, 9.17) is 4.42 Å². The Kier molecular flexibility index (Phi) is 5.26. The Hall–Kier alpha value is -2.38. The van der Waals surface area contributed by atoms with E-state index >= 15 is 0 Å². The van der Waals surface area contributed by atoms with Crippen LogP contribution < -0.4 is 10.0 Å². The minimum atomic E-state index is -3.59. The van der Waals surface area contributed by atoms with Crippen LogP contribution in [-0.4, -0.2) is 19.9 Å². The Bertz CT molecular complexity index is 814. The third-order valence-electron chi connectivity index (χ3n) is 2.81. The number of hydrogen-bond donors (Lipinski definition) is 2. The Labute approximate surface area is 141 Å². The van der Waals surface area contributed by atoms with E-state index in [1.54, 1.807) is 39.0 Å². The molecule has 2 aromatic rings. The van der Waals surface area contributed by atoms with Gasteiger partial charge in [-0.15, -0.1) is 0 Å². The van der Waals surface area contributed by atoms with E-state index in [0.29, 0.717) is 11.4 Å². The Balaban J connectivity index is 2.03. The highest BCUT2D eigenvalue weighted by atomic mass is 32.2. The molecular formula is C17H20N2O4S. The van der Waals surface area contributed by atoms with Crippen molar-refractivity contribution in [2.45, 2.75) is 31.2 Å². The number of amides is 1. The molecular weight excluding hydrogens is 328 g/mol. The van der Waals surface area contributed by atoms with Gasteiger partial charge in [-0.25, -0.2) is 13.1 Å². The van der Waals surface area contributed by atoms with Crippen LogP contribution in [-0.2, 0) is 14.8 Å². The second-order valence-electron chi connectivity index (χ2n) is 6.22. The fraction of sp³-hybridized carbons (Fsp3) is 0.235. The Morgan fingerprint density at radius 2 is 1.79 bits per heavy atom. The summed E-state index contributed by atoms with van der Waals surface area (Å²) in [7, 11) is -3.59. The normalized spacial score (nSPS) is 12.5. The van der Waals surface area contributed by atoms with Crippen LogP contribution in [0.15, 0.2) is 58.1 Å². The molecule has 2 rings (SSSR count). The summed E-state index contributed by atoms with van der Waals surface area (Å²) < 4.78 is 32.0. The summed E-state index contributed by atoms with van der Waals surface area (Å²) in [4.78, 5) is 11.9. The number of benzene rings is 1. The maximum atomic E-state index is 12.2. The average molecular weight is 348 g/mol. The summed E-state index contributed by atoms with van der Waals surface area (Å²) in [5.74, 6) is 0.231. The fourth-order valence-electron chi connectivity index (χ4n) is 1.91. The molecule has 0 aliphatic rings. The van der Waals surface area contributed by atoms with E-state index in [1.165, 1.54) is 36.6 Å². The number of carbonyl (C=O) groups excluding carboxylic acids is 1. The van der Waals surface area contributed by atoms with Gasteiger partial charge in [0, 0.05) is 17.3 Å². The number of anilines is 1. The van der Waals surface area contributed by atoms with Crippen LogP contribution in [0.25, 0.3) is 6.08 Å². The van der Waals surface area contributed by atoms with E-state index in [-0.39, 0.29) is 10.8 Å². The summed E-state index contributed by atoms with van der Waals surface area (Å²) in [5, 5.41) is 2.65. The zero-order valence-electron chi connectivity index (χ0n) is 13.7. The molecule has 2 N–H and O–H groups in total. The van der Waals surface area contributed by atoms with E-state index in [2.05, 4.69) is 10.0 Å². The van der Waals surface area contributed by atoms with Crippen molar-refractivity contribution in [3.63, 3.8) is 0 Å². The summed E-state index contributed by atoms with van der Waals surface area (Å²) in [6, 6.07) is 9.42. The zero-order chi connectivity index (χ0) is 17.8. The molecule has 0 aliphatic heterocycles. The molecule has 24 heavy (non-hydrogen) atoms. The molecule has 0 unspecified atom stereocenters. The molecule has 1 aromatic heterocycles. The van der Waals surface area contributed by atoms with Gasteiger partial charge in [-0.3, -0.25) is 4.79 Å². The summed E-state index contributed by atoms with van der Waals surface area (Å²) >= 11 is 0. The molecule has 0 fully saturated rings. The molecule has 0 bridgehead atoms. The van der Waals surface area contributed by atoms with Crippen LogP contribution in [0.3, 0.4) is 0 Å². The van der Waals surface area contributed by atoms with Gasteiger partial charge in [-0.2, -0.15) is 0 Å². The summed E-state index contributed by atoms with van der Waals surface area (Å²) in [6.45, 7) is 5.31. The maximum absolute atomic E-state index is 12.2. The molecule has 0 spiro atoms. The number of carbonyl (C=O) groups is 1. The van der Waals surface area contributed by atoms with Gasteiger partial charge in [0.2, 0.25) is 15.9 Å². The van der Waals surface area contributed by atoms with Crippen LogP contribution in [0.2, 0.25) is 0 Å². The van der Waals surface area contributed by atoms with E-state index in [9.17, 15) is 13.2 Å². The zero-order valence-corrected chi connectivity index (χ0v) is 14.6. The second kappa shape index (κ2) is 7.02. The minimum Gasteiger partial charge on any atom is -0.465 e. The number of nitrogens with one attached hydrogen (secondary N) is 2. The van der Waals surface area contributed by atoms with Crippen molar-refractivity contribution in [3.8, 4) is 0 Å². The number of sulfonamides is 1. The molecule has 1 aromatic carbocycles. The van der Waals surface area contributed by atoms with Crippen molar-refractivity contribution in [2.24, 2.45) is 0 Å². The lowest BCUT2D eigenvalue weighted by molar-refractivity contribution is -0.111. The molecule has 0 radical (unpaired) electrons. The van der Waals surface area contributed by atoms with Crippen molar-refractivity contribution >= 4 is 27.7 Å². The first kappa shape index (κ1) is 18.0. The molecule has 6 nitrogen and oxygen atoms in total. The molecule has 7 heteroatoms. The molecule has 1 amide bonds. The van der Waals surface area contributed by atoms with Crippen molar-refractivity contribution in [2.75, 3.05) is 5.32 Å². The number of hydrogen-bond acceptors (Lipinski definition) is 4. The van der Waals surface area contributed by atoms with Gasteiger partial charge < -0.3 is 9.73 Å². The lowest BCUT2D eigenvalue weighted by Crippen LogP contribution is -2.40. The van der Waals surface area contributed by atoms with E-state index in [1.807, 2.05) is 0 Å². The highest BCUT2D eigenvalue weighted by molar-refractivity contribution is 7.89. The highest BCUT2D eigenvalue weighted by Gasteiger charge is 2.21. The quantitative estimate of drug-likeness (QED) is 0.813. The Morgan fingerprint density at radius 1 is 1.12 bits per heavy atom. The van der Waals surface area contributed by atoms with Crippen molar-refractivity contribution in [1.29, 1.82) is 0 Å². The molecule has 128 valence electrons. The van der Waals surface area contributed by atoms with Crippen molar-refractivity contribution in [1.82, 2.24) is 4.72 Å². The molecule has 0 saturated carbocycles. The third kappa shape index (κ3) is 5.36. The lowest BCUT2D eigenvalue weighted by Gasteiger charge is -2.20. The topological polar surface area (TPSA) is 88.4 Å². The molecule has 0 saturated heterocycles. The van der Waals surface area contributed by atoms with Gasteiger partial charge in [-0.05, 0) is 63.2 Å². The number of furan rings is 1. The SMILES string of the molecule is CC(C)(C)NS(=O)(=O)c1ccc(NC(=O)C=Cc2ccco2)cc1. The van der Waals surface area contributed by atoms with Gasteiger partial charge in [0.05, 0.1) is 11.2 Å². The fourth-order valence-corrected chi connectivity index (χ4v) is 3.33. The summed E-state index contributed by atoms with van der Waals surface area (Å²) in [5.41, 5.74) is -0.0682. The Morgan fingerprint density at radius 3 is 2.33 bits per heavy atom. The first-order valence-corrected chi connectivity index (χ1v) is 8.81. The smallest absolute Gasteiger partial charge is 0.248 e. The van der Waals surface area contributed by atoms with Crippen molar-refractivity contribution in [3.05, 3.63) is 54.5 Å². The van der Waals surface area contributed by atoms with Crippen LogP contribution in [0.1, 0.15) is 26.5 Å². The highest BCUT2D eigenvalue weighted by Crippen LogP contribution is 2.16.